The Balaban J connectivity index is 3.44. The zero-order chi connectivity index (χ0) is 7.28. The largest absolute Gasteiger partial charge is 0.264 e. The molecule has 0 saturated carbocycles. The molecule has 0 rings (SSSR count). The summed E-state index contributed by atoms with van der Waals surface area (Å²) >= 11 is 0. The van der Waals surface area contributed by atoms with Crippen molar-refractivity contribution in [1.82, 2.24) is 10.5 Å². The molecule has 0 fully saturated rings. The fourth-order valence-corrected chi connectivity index (χ4v) is 0.236. The Morgan fingerprint density at radius 1 is 1.67 bits per heavy atom. The average molecular weight is 134 g/mol. The van der Waals surface area contributed by atoms with E-state index >= 15 is 0 Å². The summed E-state index contributed by atoms with van der Waals surface area (Å²) in [6.07, 6.45) is 0. The molecule has 5 N–H and O–H groups in total. The van der Waals surface area contributed by atoms with E-state index in [-0.39, 0.29) is 0 Å². The van der Waals surface area contributed by atoms with Crippen LogP contribution in [0.2, 0.25) is 0 Å². The number of hydrogen-bond acceptors (Lipinski definition) is 6. The highest BCUT2D eigenvalue weighted by Crippen LogP contribution is 1.83. The van der Waals surface area contributed by atoms with Gasteiger partial charge < -0.3 is 0 Å². The number of rotatable bonds is 4. The van der Waals surface area contributed by atoms with Gasteiger partial charge in [0.15, 0.2) is 0 Å². The van der Waals surface area contributed by atoms with Crippen LogP contribution in [0.3, 0.4) is 0 Å². The molecule has 0 saturated heterocycles. The molecule has 0 unspecified atom stereocenters. The van der Waals surface area contributed by atoms with E-state index in [0.29, 0.717) is 17.1 Å². The van der Waals surface area contributed by atoms with Gasteiger partial charge in [-0.2, -0.15) is 5.53 Å². The molecule has 7 heteroatoms. The van der Waals surface area contributed by atoms with Gasteiger partial charge in [-0.25, -0.2) is 11.7 Å². The molecule has 0 aromatic carbocycles. The molecule has 0 heterocycles. The molecule has 0 aliphatic carbocycles. The van der Waals surface area contributed by atoms with Crippen LogP contribution >= 0.6 is 0 Å². The Morgan fingerprint density at radius 3 is 2.56 bits per heavy atom. The maximum Gasteiger partial charge on any atom is 0.0694 e. The number of nitrogens with two attached hydrogens (primary N) is 2. The van der Waals surface area contributed by atoms with Crippen molar-refractivity contribution in [2.75, 3.05) is 6.61 Å². The van der Waals surface area contributed by atoms with E-state index < -0.39 is 0 Å². The van der Waals surface area contributed by atoms with Crippen LogP contribution in [0.5, 0.6) is 0 Å². The molecule has 0 spiro atoms. The summed E-state index contributed by atoms with van der Waals surface area (Å²) in [7, 11) is 0. The van der Waals surface area contributed by atoms with Crippen LogP contribution in [0, 0.1) is 5.53 Å². The second-order valence-electron chi connectivity index (χ2n) is 1.14. The number of hydrogen-bond donors (Lipinski definition) is 3. The van der Waals surface area contributed by atoms with Gasteiger partial charge in [0.1, 0.15) is 0 Å². The topological polar surface area (TPSA) is 104 Å². The summed E-state index contributed by atoms with van der Waals surface area (Å²) in [5.74, 6) is 9.99. The summed E-state index contributed by atoms with van der Waals surface area (Å²) in [4.78, 5) is 4.59. The van der Waals surface area contributed by atoms with E-state index in [4.69, 9.17) is 17.2 Å². The molecule has 7 nitrogen and oxygen atoms in total. The van der Waals surface area contributed by atoms with Crippen molar-refractivity contribution < 1.29 is 4.84 Å². The van der Waals surface area contributed by atoms with Crippen molar-refractivity contribution in [3.63, 3.8) is 0 Å². The van der Waals surface area contributed by atoms with Crippen molar-refractivity contribution in [3.8, 4) is 0 Å². The average Bonchev–Trinajstić information content (AvgIpc) is 1.87. The molecule has 0 aliphatic heterocycles. The molecule has 0 atom stereocenters. The van der Waals surface area contributed by atoms with Crippen LogP contribution in [0.4, 0.5) is 0 Å². The van der Waals surface area contributed by atoms with Crippen LogP contribution < -0.4 is 11.7 Å². The standard InChI is InChI=1S/C2H10N6O/c1-2-9-8(5)7(4)6-3/h3H,2,4-5H2,1H3. The van der Waals surface area contributed by atoms with Gasteiger partial charge in [-0.3, -0.25) is 4.84 Å². The van der Waals surface area contributed by atoms with E-state index in [2.05, 4.69) is 10.1 Å². The third-order valence-electron chi connectivity index (χ3n) is 0.566. The zero-order valence-corrected chi connectivity index (χ0v) is 5.11. The quantitative estimate of drug-likeness (QED) is 0.264. The van der Waals surface area contributed by atoms with Gasteiger partial charge in [0.25, 0.3) is 0 Å². The van der Waals surface area contributed by atoms with Gasteiger partial charge >= 0.3 is 0 Å². The second-order valence-corrected chi connectivity index (χ2v) is 1.14. The van der Waals surface area contributed by atoms with Crippen molar-refractivity contribution in [1.29, 1.82) is 5.53 Å². The monoisotopic (exact) mass is 134 g/mol. The highest BCUT2D eigenvalue weighted by Gasteiger charge is 2.01. The Kier molecular flexibility index (Phi) is 3.80. The Hall–Kier alpha value is -0.760. The normalized spacial score (nSPS) is 9.78. The Labute approximate surface area is 52.5 Å². The second kappa shape index (κ2) is 4.15. The zero-order valence-electron chi connectivity index (χ0n) is 5.11. The van der Waals surface area contributed by atoms with Crippen molar-refractivity contribution in [2.24, 2.45) is 16.9 Å². The summed E-state index contributed by atoms with van der Waals surface area (Å²) in [5, 5.41) is 3.96. The van der Waals surface area contributed by atoms with Gasteiger partial charge in [0.2, 0.25) is 0 Å². The van der Waals surface area contributed by atoms with E-state index in [9.17, 15) is 0 Å². The molecule has 0 aromatic heterocycles. The third-order valence-corrected chi connectivity index (χ3v) is 0.566. The van der Waals surface area contributed by atoms with Crippen LogP contribution in [0.1, 0.15) is 6.92 Å². The van der Waals surface area contributed by atoms with E-state index in [1.165, 1.54) is 0 Å². The van der Waals surface area contributed by atoms with Crippen molar-refractivity contribution >= 4 is 0 Å². The van der Waals surface area contributed by atoms with Gasteiger partial charge in [-0.1, -0.05) is 5.23 Å². The van der Waals surface area contributed by atoms with Gasteiger partial charge in [-0.15, -0.1) is 0 Å². The summed E-state index contributed by atoms with van der Waals surface area (Å²) in [5.41, 5.74) is 6.34. The molecule has 54 valence electrons. The van der Waals surface area contributed by atoms with Crippen LogP contribution in [-0.4, -0.2) is 17.1 Å². The third kappa shape index (κ3) is 2.93. The first kappa shape index (κ1) is 8.24. The lowest BCUT2D eigenvalue weighted by molar-refractivity contribution is -0.292. The molecule has 0 radical (unpaired) electrons. The molecule has 0 aromatic rings. The smallest absolute Gasteiger partial charge is 0.0694 e. The maximum atomic E-state index is 6.34. The molecule has 0 amide bonds. The van der Waals surface area contributed by atoms with Crippen molar-refractivity contribution in [2.45, 2.75) is 6.92 Å². The number of nitrogens with zero attached hydrogens (tertiary/aromatic N) is 3. The van der Waals surface area contributed by atoms with Gasteiger partial charge in [0.05, 0.1) is 6.61 Å². The molecule has 0 bridgehead atoms. The first-order valence-corrected chi connectivity index (χ1v) is 2.32. The van der Waals surface area contributed by atoms with E-state index in [1.54, 1.807) is 6.92 Å². The predicted octanol–water partition coefficient (Wildman–Crippen LogP) is -0.850. The minimum Gasteiger partial charge on any atom is -0.264 e. The molecule has 9 heavy (non-hydrogen) atoms. The lowest BCUT2D eigenvalue weighted by Crippen LogP contribution is -2.48. The first-order chi connectivity index (χ1) is 4.22. The molecule has 0 aliphatic rings. The Bertz CT molecular complexity index is 85.1. The predicted molar refractivity (Wildman–Crippen MR) is 28.8 cm³/mol. The molecular weight excluding hydrogens is 124 g/mol. The fourth-order valence-electron chi connectivity index (χ4n) is 0.236. The lowest BCUT2D eigenvalue weighted by atomic mass is 10.9. The highest BCUT2D eigenvalue weighted by atomic mass is 16.8. The number of hydrazine groups is 3. The van der Waals surface area contributed by atoms with Crippen LogP contribution in [0.15, 0.2) is 5.22 Å². The summed E-state index contributed by atoms with van der Waals surface area (Å²) < 4.78 is 0. The summed E-state index contributed by atoms with van der Waals surface area (Å²) in [6.45, 7) is 2.11. The van der Waals surface area contributed by atoms with Gasteiger partial charge in [0, 0.05) is 5.28 Å². The van der Waals surface area contributed by atoms with E-state index in [1.807, 2.05) is 0 Å². The lowest BCUT2D eigenvalue weighted by Gasteiger charge is -2.19. The maximum absolute atomic E-state index is 6.34. The Morgan fingerprint density at radius 2 is 2.22 bits per heavy atom. The van der Waals surface area contributed by atoms with E-state index in [0.717, 1.165) is 0 Å². The SMILES string of the molecule is CCON(N)N(N)N=N. The minimum atomic E-state index is 0.375. The number of nitrogens with one attached hydrogen (secondary N) is 1. The highest BCUT2D eigenvalue weighted by molar-refractivity contribution is 4.08. The first-order valence-electron chi connectivity index (χ1n) is 2.32. The minimum absolute atomic E-state index is 0.375. The van der Waals surface area contributed by atoms with Crippen LogP contribution in [-0.2, 0) is 4.84 Å². The van der Waals surface area contributed by atoms with Crippen molar-refractivity contribution in [3.05, 3.63) is 0 Å². The molecular formula is C2H10N6O. The van der Waals surface area contributed by atoms with Gasteiger partial charge in [-0.05, 0) is 12.1 Å². The summed E-state index contributed by atoms with van der Waals surface area (Å²) in [6, 6.07) is 0. The fraction of sp³-hybridized carbons (Fsp3) is 1.00. The van der Waals surface area contributed by atoms with Crippen LogP contribution in [0.25, 0.3) is 0 Å².